The highest BCUT2D eigenvalue weighted by atomic mass is 16.3. The van der Waals surface area contributed by atoms with Crippen molar-refractivity contribution in [3.05, 3.63) is 22.8 Å². The molecule has 0 aliphatic heterocycles. The lowest BCUT2D eigenvalue weighted by molar-refractivity contribution is 0.270. The van der Waals surface area contributed by atoms with Gasteiger partial charge < -0.3 is 15.3 Å². The molecule has 3 nitrogen and oxygen atoms in total. The molecule has 0 amide bonds. The van der Waals surface area contributed by atoms with Gasteiger partial charge in [0.05, 0.1) is 0 Å². The molecule has 78 valence electrons. The van der Waals surface area contributed by atoms with E-state index in [0.717, 1.165) is 5.56 Å². The van der Waals surface area contributed by atoms with E-state index in [0.29, 0.717) is 11.1 Å². The maximum atomic E-state index is 9.73. The monoisotopic (exact) mass is 196 g/mol. The summed E-state index contributed by atoms with van der Waals surface area (Å²) in [5.74, 6) is 0.0824. The summed E-state index contributed by atoms with van der Waals surface area (Å²) >= 11 is 0. The van der Waals surface area contributed by atoms with Crippen LogP contribution in [0.25, 0.3) is 0 Å². The van der Waals surface area contributed by atoms with Gasteiger partial charge in [-0.1, -0.05) is 6.92 Å². The van der Waals surface area contributed by atoms with Crippen LogP contribution in [0.3, 0.4) is 0 Å². The zero-order valence-corrected chi connectivity index (χ0v) is 8.70. The summed E-state index contributed by atoms with van der Waals surface area (Å²) in [6.45, 7) is 5.24. The van der Waals surface area contributed by atoms with Crippen LogP contribution in [0.5, 0.6) is 11.5 Å². The highest BCUT2D eigenvalue weighted by Gasteiger charge is 2.15. The van der Waals surface area contributed by atoms with Gasteiger partial charge in [0.25, 0.3) is 0 Å². The Morgan fingerprint density at radius 3 is 2.29 bits per heavy atom. The average Bonchev–Trinajstić information content (AvgIpc) is 2.19. The van der Waals surface area contributed by atoms with Gasteiger partial charge in [0, 0.05) is 18.1 Å². The largest absolute Gasteiger partial charge is 0.507 e. The van der Waals surface area contributed by atoms with Crippen molar-refractivity contribution in [2.45, 2.75) is 26.7 Å². The fourth-order valence-corrected chi connectivity index (χ4v) is 1.47. The Kier molecular flexibility index (Phi) is 3.01. The normalized spacial score (nSPS) is 12.9. The van der Waals surface area contributed by atoms with Crippen LogP contribution >= 0.6 is 0 Å². The van der Waals surface area contributed by atoms with Crippen molar-refractivity contribution in [1.29, 1.82) is 0 Å². The van der Waals surface area contributed by atoms with E-state index in [1.165, 1.54) is 0 Å². The Morgan fingerprint density at radius 2 is 1.79 bits per heavy atom. The van der Waals surface area contributed by atoms with Crippen LogP contribution < -0.4 is 0 Å². The van der Waals surface area contributed by atoms with E-state index < -0.39 is 0 Å². The average molecular weight is 196 g/mol. The Bertz CT molecular complexity index is 345. The molecular weight excluding hydrogens is 180 g/mol. The van der Waals surface area contributed by atoms with Gasteiger partial charge in [-0.3, -0.25) is 0 Å². The lowest BCUT2D eigenvalue weighted by Crippen LogP contribution is -2.01. The molecule has 1 unspecified atom stereocenters. The summed E-state index contributed by atoms with van der Waals surface area (Å²) in [6, 6.07) is 1.71. The predicted octanol–water partition coefficient (Wildman–Crippen LogP) is 1.81. The minimum atomic E-state index is -0.118. The number of hydrogen-bond donors (Lipinski definition) is 3. The fourth-order valence-electron chi connectivity index (χ4n) is 1.47. The third kappa shape index (κ3) is 1.68. The van der Waals surface area contributed by atoms with E-state index >= 15 is 0 Å². The molecule has 0 heterocycles. The van der Waals surface area contributed by atoms with Crippen LogP contribution in [0.15, 0.2) is 6.07 Å². The number of phenolic OH excluding ortho intramolecular Hbond substituents is 2. The summed E-state index contributed by atoms with van der Waals surface area (Å²) < 4.78 is 0. The highest BCUT2D eigenvalue weighted by Crippen LogP contribution is 2.36. The second kappa shape index (κ2) is 3.88. The molecule has 0 aromatic heterocycles. The van der Waals surface area contributed by atoms with Crippen LogP contribution in [-0.4, -0.2) is 21.9 Å². The quantitative estimate of drug-likeness (QED) is 0.676. The van der Waals surface area contributed by atoms with Gasteiger partial charge in [-0.05, 0) is 31.0 Å². The van der Waals surface area contributed by atoms with Gasteiger partial charge in [0.2, 0.25) is 0 Å². The Balaban J connectivity index is 3.33. The fraction of sp³-hybridized carbons (Fsp3) is 0.455. The van der Waals surface area contributed by atoms with Gasteiger partial charge in [0.1, 0.15) is 11.5 Å². The number of phenols is 2. The van der Waals surface area contributed by atoms with Gasteiger partial charge in [-0.25, -0.2) is 0 Å². The number of benzene rings is 1. The summed E-state index contributed by atoms with van der Waals surface area (Å²) in [5.41, 5.74) is 1.87. The topological polar surface area (TPSA) is 60.7 Å². The first-order valence-electron chi connectivity index (χ1n) is 4.62. The van der Waals surface area contributed by atoms with Crippen LogP contribution in [0.4, 0.5) is 0 Å². The second-order valence-electron chi connectivity index (χ2n) is 3.69. The van der Waals surface area contributed by atoms with Crippen LogP contribution in [-0.2, 0) is 0 Å². The summed E-state index contributed by atoms with van der Waals surface area (Å²) in [7, 11) is 0. The molecule has 0 aliphatic rings. The molecule has 3 N–H and O–H groups in total. The highest BCUT2D eigenvalue weighted by molar-refractivity contribution is 5.53. The Labute approximate surface area is 83.6 Å². The molecule has 14 heavy (non-hydrogen) atoms. The van der Waals surface area contributed by atoms with E-state index in [2.05, 4.69) is 0 Å². The zero-order chi connectivity index (χ0) is 10.9. The third-order valence-electron chi connectivity index (χ3n) is 2.53. The Morgan fingerprint density at radius 1 is 1.21 bits per heavy atom. The molecule has 0 fully saturated rings. The number of aliphatic hydroxyl groups is 1. The maximum Gasteiger partial charge on any atom is 0.125 e. The molecule has 1 rings (SSSR count). The second-order valence-corrected chi connectivity index (χ2v) is 3.69. The SMILES string of the molecule is Cc1cc(C(C)CO)c(O)c(C)c1O. The van der Waals surface area contributed by atoms with E-state index in [-0.39, 0.29) is 24.0 Å². The molecule has 1 aromatic carbocycles. The van der Waals surface area contributed by atoms with Gasteiger partial charge >= 0.3 is 0 Å². The first-order valence-corrected chi connectivity index (χ1v) is 4.62. The third-order valence-corrected chi connectivity index (χ3v) is 2.53. The number of hydrogen-bond acceptors (Lipinski definition) is 3. The van der Waals surface area contributed by atoms with Crippen molar-refractivity contribution in [3.8, 4) is 11.5 Å². The summed E-state index contributed by atoms with van der Waals surface area (Å²) in [5, 5.41) is 28.3. The van der Waals surface area contributed by atoms with Crippen LogP contribution in [0.2, 0.25) is 0 Å². The van der Waals surface area contributed by atoms with Gasteiger partial charge in [0.15, 0.2) is 0 Å². The molecule has 0 spiro atoms. The minimum absolute atomic E-state index is 0.0167. The molecule has 0 radical (unpaired) electrons. The smallest absolute Gasteiger partial charge is 0.125 e. The number of rotatable bonds is 2. The molecular formula is C11H16O3. The molecule has 0 saturated carbocycles. The first kappa shape index (κ1) is 10.9. The van der Waals surface area contributed by atoms with E-state index in [1.807, 2.05) is 6.92 Å². The maximum absolute atomic E-state index is 9.73. The van der Waals surface area contributed by atoms with Crippen molar-refractivity contribution in [3.63, 3.8) is 0 Å². The van der Waals surface area contributed by atoms with Crippen molar-refractivity contribution >= 4 is 0 Å². The summed E-state index contributed by atoms with van der Waals surface area (Å²) in [4.78, 5) is 0. The molecule has 0 aliphatic carbocycles. The van der Waals surface area contributed by atoms with Crippen molar-refractivity contribution in [2.75, 3.05) is 6.61 Å². The number of aryl methyl sites for hydroxylation is 1. The zero-order valence-electron chi connectivity index (χ0n) is 8.70. The van der Waals surface area contributed by atoms with E-state index in [9.17, 15) is 10.2 Å². The number of aromatic hydroxyl groups is 2. The number of aliphatic hydroxyl groups excluding tert-OH is 1. The standard InChI is InChI=1S/C11H16O3/c1-6-4-9(7(2)5-12)11(14)8(3)10(6)13/h4,7,12-14H,5H2,1-3H3. The lowest BCUT2D eigenvalue weighted by Gasteiger charge is -2.15. The van der Waals surface area contributed by atoms with Crippen molar-refractivity contribution in [2.24, 2.45) is 0 Å². The van der Waals surface area contributed by atoms with Gasteiger partial charge in [-0.15, -0.1) is 0 Å². The van der Waals surface area contributed by atoms with Crippen molar-refractivity contribution in [1.82, 2.24) is 0 Å². The first-order chi connectivity index (χ1) is 6.49. The van der Waals surface area contributed by atoms with Crippen molar-refractivity contribution < 1.29 is 15.3 Å². The van der Waals surface area contributed by atoms with E-state index in [4.69, 9.17) is 5.11 Å². The molecule has 1 aromatic rings. The molecule has 1 atom stereocenters. The van der Waals surface area contributed by atoms with Gasteiger partial charge in [-0.2, -0.15) is 0 Å². The summed E-state index contributed by atoms with van der Waals surface area (Å²) in [6.07, 6.45) is 0. The predicted molar refractivity (Wildman–Crippen MR) is 54.7 cm³/mol. The lowest BCUT2D eigenvalue weighted by atomic mass is 9.95. The minimum Gasteiger partial charge on any atom is -0.507 e. The molecule has 0 saturated heterocycles. The molecule has 3 heteroatoms. The van der Waals surface area contributed by atoms with Crippen LogP contribution in [0.1, 0.15) is 29.5 Å². The Hall–Kier alpha value is -1.22. The molecule has 0 bridgehead atoms. The van der Waals surface area contributed by atoms with Crippen LogP contribution in [0, 0.1) is 13.8 Å². The van der Waals surface area contributed by atoms with E-state index in [1.54, 1.807) is 19.9 Å².